The molecule has 0 radical (unpaired) electrons. The highest BCUT2D eigenvalue weighted by Crippen LogP contribution is 2.24. The molecule has 1 N–H and O–H groups in total. The third kappa shape index (κ3) is 2.60. The molecular weight excluding hydrogens is 205 g/mol. The molecule has 2 rings (SSSR count). The summed E-state index contributed by atoms with van der Waals surface area (Å²) in [5.74, 6) is -0.223. The predicted octanol–water partition coefficient (Wildman–Crippen LogP) is 2.35. The van der Waals surface area contributed by atoms with Crippen molar-refractivity contribution < 1.29 is 9.50 Å². The van der Waals surface area contributed by atoms with Crippen LogP contribution in [0.5, 0.6) is 0 Å². The predicted molar refractivity (Wildman–Crippen MR) is 61.7 cm³/mol. The maximum atomic E-state index is 12.8. The van der Waals surface area contributed by atoms with Crippen molar-refractivity contribution in [1.82, 2.24) is 4.90 Å². The lowest BCUT2D eigenvalue weighted by Crippen LogP contribution is -2.35. The lowest BCUT2D eigenvalue weighted by Gasteiger charge is -2.33. The molecule has 1 saturated heterocycles. The fraction of sp³-hybridized carbons (Fsp3) is 0.538. The maximum Gasteiger partial charge on any atom is 0.123 e. The van der Waals surface area contributed by atoms with Crippen LogP contribution < -0.4 is 0 Å². The number of piperidine rings is 1. The van der Waals surface area contributed by atoms with Crippen LogP contribution >= 0.6 is 0 Å². The summed E-state index contributed by atoms with van der Waals surface area (Å²) in [5, 5.41) is 9.47. The van der Waals surface area contributed by atoms with Gasteiger partial charge in [0.2, 0.25) is 0 Å². The van der Waals surface area contributed by atoms with Gasteiger partial charge in [0.05, 0.1) is 12.6 Å². The van der Waals surface area contributed by atoms with Gasteiger partial charge in [-0.3, -0.25) is 4.90 Å². The Kier molecular flexibility index (Phi) is 3.91. The highest BCUT2D eigenvalue weighted by molar-refractivity contribution is 5.20. The Morgan fingerprint density at radius 1 is 1.12 bits per heavy atom. The van der Waals surface area contributed by atoms with E-state index in [1.165, 1.54) is 31.4 Å². The number of nitrogens with zero attached hydrogens (tertiary/aromatic N) is 1. The standard InChI is InChI=1S/C13H18FNO/c14-12-6-4-11(5-7-12)13(10-16)15-8-2-1-3-9-15/h4-7,13,16H,1-3,8-10H2/t13-/m0/s1. The number of halogens is 1. The van der Waals surface area contributed by atoms with Gasteiger partial charge in [0.15, 0.2) is 0 Å². The normalized spacial score (nSPS) is 19.6. The van der Waals surface area contributed by atoms with Crippen LogP contribution in [0.3, 0.4) is 0 Å². The van der Waals surface area contributed by atoms with Gasteiger partial charge in [-0.05, 0) is 43.6 Å². The maximum absolute atomic E-state index is 12.8. The molecule has 1 aromatic carbocycles. The summed E-state index contributed by atoms with van der Waals surface area (Å²) < 4.78 is 12.8. The van der Waals surface area contributed by atoms with Crippen LogP contribution in [-0.2, 0) is 0 Å². The van der Waals surface area contributed by atoms with Crippen molar-refractivity contribution in [2.75, 3.05) is 19.7 Å². The number of likely N-dealkylation sites (tertiary alicyclic amines) is 1. The molecule has 1 fully saturated rings. The summed E-state index contributed by atoms with van der Waals surface area (Å²) in [7, 11) is 0. The Labute approximate surface area is 95.7 Å². The quantitative estimate of drug-likeness (QED) is 0.850. The first-order chi connectivity index (χ1) is 7.81. The second-order valence-electron chi connectivity index (χ2n) is 4.35. The van der Waals surface area contributed by atoms with Gasteiger partial charge in [0.25, 0.3) is 0 Å². The minimum Gasteiger partial charge on any atom is -0.394 e. The second-order valence-corrected chi connectivity index (χ2v) is 4.35. The average Bonchev–Trinajstić information content (AvgIpc) is 2.34. The number of benzene rings is 1. The monoisotopic (exact) mass is 223 g/mol. The molecule has 0 unspecified atom stereocenters. The summed E-state index contributed by atoms with van der Waals surface area (Å²) in [5.41, 5.74) is 1.01. The lowest BCUT2D eigenvalue weighted by molar-refractivity contribution is 0.104. The molecule has 0 aromatic heterocycles. The van der Waals surface area contributed by atoms with Crippen LogP contribution in [0.15, 0.2) is 24.3 Å². The molecule has 0 aliphatic carbocycles. The van der Waals surface area contributed by atoms with E-state index in [0.29, 0.717) is 0 Å². The molecule has 1 atom stereocenters. The Morgan fingerprint density at radius 2 is 1.75 bits per heavy atom. The van der Waals surface area contributed by atoms with Gasteiger partial charge in [0, 0.05) is 0 Å². The van der Waals surface area contributed by atoms with E-state index in [9.17, 15) is 9.50 Å². The highest BCUT2D eigenvalue weighted by atomic mass is 19.1. The second kappa shape index (κ2) is 5.41. The van der Waals surface area contributed by atoms with Gasteiger partial charge in [-0.25, -0.2) is 4.39 Å². The van der Waals surface area contributed by atoms with Crippen LogP contribution in [0.2, 0.25) is 0 Å². The zero-order chi connectivity index (χ0) is 11.4. The third-order valence-corrected chi connectivity index (χ3v) is 3.26. The van der Waals surface area contributed by atoms with Crippen molar-refractivity contribution in [1.29, 1.82) is 0 Å². The molecule has 0 bridgehead atoms. The average molecular weight is 223 g/mol. The van der Waals surface area contributed by atoms with Crippen molar-refractivity contribution in [3.63, 3.8) is 0 Å². The van der Waals surface area contributed by atoms with Gasteiger partial charge < -0.3 is 5.11 Å². The van der Waals surface area contributed by atoms with Crippen molar-refractivity contribution >= 4 is 0 Å². The van der Waals surface area contributed by atoms with Gasteiger partial charge in [-0.2, -0.15) is 0 Å². The summed E-state index contributed by atoms with van der Waals surface area (Å²) in [6.07, 6.45) is 3.66. The highest BCUT2D eigenvalue weighted by Gasteiger charge is 2.21. The van der Waals surface area contributed by atoms with Crippen LogP contribution in [0.4, 0.5) is 4.39 Å². The Balaban J connectivity index is 2.11. The summed E-state index contributed by atoms with van der Waals surface area (Å²) in [4.78, 5) is 2.29. The van der Waals surface area contributed by atoms with E-state index in [0.717, 1.165) is 18.7 Å². The van der Waals surface area contributed by atoms with Crippen LogP contribution in [-0.4, -0.2) is 29.7 Å². The van der Waals surface area contributed by atoms with E-state index in [-0.39, 0.29) is 18.5 Å². The summed E-state index contributed by atoms with van der Waals surface area (Å²) >= 11 is 0. The molecule has 88 valence electrons. The molecule has 0 saturated carbocycles. The van der Waals surface area contributed by atoms with E-state index < -0.39 is 0 Å². The number of rotatable bonds is 3. The molecule has 1 aliphatic rings. The van der Waals surface area contributed by atoms with Gasteiger partial charge in [0.1, 0.15) is 5.82 Å². The molecule has 16 heavy (non-hydrogen) atoms. The van der Waals surface area contributed by atoms with Gasteiger partial charge in [-0.15, -0.1) is 0 Å². The Hall–Kier alpha value is -0.930. The van der Waals surface area contributed by atoms with Crippen molar-refractivity contribution in [2.24, 2.45) is 0 Å². The zero-order valence-electron chi connectivity index (χ0n) is 9.40. The molecule has 0 amide bonds. The SMILES string of the molecule is OC[C@@H](c1ccc(F)cc1)N1CCCCC1. The largest absolute Gasteiger partial charge is 0.394 e. The smallest absolute Gasteiger partial charge is 0.123 e. The number of hydrogen-bond acceptors (Lipinski definition) is 2. The molecule has 2 nitrogen and oxygen atoms in total. The van der Waals surface area contributed by atoms with Crippen LogP contribution in [0.25, 0.3) is 0 Å². The third-order valence-electron chi connectivity index (χ3n) is 3.26. The van der Waals surface area contributed by atoms with Crippen LogP contribution in [0, 0.1) is 5.82 Å². The molecule has 0 spiro atoms. The minimum atomic E-state index is -0.223. The fourth-order valence-electron chi connectivity index (χ4n) is 2.35. The molecule has 1 aromatic rings. The van der Waals surface area contributed by atoms with Crippen LogP contribution in [0.1, 0.15) is 30.9 Å². The molecule has 1 heterocycles. The summed E-state index contributed by atoms with van der Waals surface area (Å²) in [6.45, 7) is 2.16. The summed E-state index contributed by atoms with van der Waals surface area (Å²) in [6, 6.07) is 6.49. The fourth-order valence-corrected chi connectivity index (χ4v) is 2.35. The van der Waals surface area contributed by atoms with E-state index in [2.05, 4.69) is 4.90 Å². The molecular formula is C13H18FNO. The molecule has 3 heteroatoms. The number of aliphatic hydroxyl groups is 1. The van der Waals surface area contributed by atoms with Crippen molar-refractivity contribution in [2.45, 2.75) is 25.3 Å². The topological polar surface area (TPSA) is 23.5 Å². The van der Waals surface area contributed by atoms with E-state index in [4.69, 9.17) is 0 Å². The van der Waals surface area contributed by atoms with Crippen molar-refractivity contribution in [3.8, 4) is 0 Å². The van der Waals surface area contributed by atoms with Crippen molar-refractivity contribution in [3.05, 3.63) is 35.6 Å². The first-order valence-corrected chi connectivity index (χ1v) is 5.91. The van der Waals surface area contributed by atoms with Gasteiger partial charge in [-0.1, -0.05) is 18.6 Å². The van der Waals surface area contributed by atoms with E-state index >= 15 is 0 Å². The minimum absolute atomic E-state index is 0.0286. The number of hydrogen-bond donors (Lipinski definition) is 1. The number of aliphatic hydroxyl groups excluding tert-OH is 1. The molecule has 1 aliphatic heterocycles. The van der Waals surface area contributed by atoms with E-state index in [1.807, 2.05) is 0 Å². The van der Waals surface area contributed by atoms with E-state index in [1.54, 1.807) is 12.1 Å². The lowest BCUT2D eigenvalue weighted by atomic mass is 10.0. The first kappa shape index (κ1) is 11.6. The zero-order valence-corrected chi connectivity index (χ0v) is 9.40. The van der Waals surface area contributed by atoms with Gasteiger partial charge >= 0.3 is 0 Å². The first-order valence-electron chi connectivity index (χ1n) is 5.91. The Bertz CT molecular complexity index is 319. The Morgan fingerprint density at radius 3 is 2.31 bits per heavy atom.